The Kier molecular flexibility index (Phi) is 3.46. The van der Waals surface area contributed by atoms with E-state index in [1.807, 2.05) is 6.07 Å². The molecule has 21 heavy (non-hydrogen) atoms. The molecule has 0 aliphatic carbocycles. The molecule has 2 aromatic rings. The standard InChI is InChI=1S/C16H11ClN2O2/c17-12-8-6-11(7-9-12)10-14-15(20)18-19(16(14)21)13-4-2-1-3-5-13/h1-10H,(H,18,20). The quantitative estimate of drug-likeness (QED) is 0.684. The van der Waals surface area contributed by atoms with Gasteiger partial charge in [0.15, 0.2) is 0 Å². The first-order valence-corrected chi connectivity index (χ1v) is 6.71. The van der Waals surface area contributed by atoms with Crippen molar-refractivity contribution in [2.24, 2.45) is 0 Å². The van der Waals surface area contributed by atoms with Crippen LogP contribution in [-0.4, -0.2) is 11.8 Å². The summed E-state index contributed by atoms with van der Waals surface area (Å²) in [6.45, 7) is 0. The number of nitrogens with one attached hydrogen (secondary N) is 1. The van der Waals surface area contributed by atoms with E-state index in [9.17, 15) is 9.59 Å². The van der Waals surface area contributed by atoms with Crippen LogP contribution in [0.1, 0.15) is 5.56 Å². The van der Waals surface area contributed by atoms with Gasteiger partial charge in [0.2, 0.25) is 0 Å². The minimum atomic E-state index is -0.418. The SMILES string of the molecule is O=C1NN(c2ccccc2)C(=O)C1=Cc1ccc(Cl)cc1. The molecule has 3 rings (SSSR count). The highest BCUT2D eigenvalue weighted by Crippen LogP contribution is 2.21. The van der Waals surface area contributed by atoms with Crippen LogP contribution < -0.4 is 10.4 Å². The van der Waals surface area contributed by atoms with Gasteiger partial charge in [-0.25, -0.2) is 5.01 Å². The van der Waals surface area contributed by atoms with Crippen molar-refractivity contribution < 1.29 is 9.59 Å². The predicted molar refractivity (Wildman–Crippen MR) is 81.5 cm³/mol. The Labute approximate surface area is 126 Å². The van der Waals surface area contributed by atoms with Crippen LogP contribution >= 0.6 is 11.6 Å². The van der Waals surface area contributed by atoms with Crippen LogP contribution in [0, 0.1) is 0 Å². The molecule has 4 nitrogen and oxygen atoms in total. The number of benzene rings is 2. The molecule has 1 aliphatic rings. The molecule has 0 atom stereocenters. The number of para-hydroxylation sites is 1. The molecule has 0 spiro atoms. The van der Waals surface area contributed by atoms with Crippen LogP contribution in [0.15, 0.2) is 60.2 Å². The average Bonchev–Trinajstić information content (AvgIpc) is 2.78. The Hall–Kier alpha value is -2.59. The van der Waals surface area contributed by atoms with Gasteiger partial charge in [0, 0.05) is 5.02 Å². The smallest absolute Gasteiger partial charge is 0.267 e. The second-order valence-electron chi connectivity index (χ2n) is 4.53. The molecule has 5 heteroatoms. The maximum absolute atomic E-state index is 12.3. The molecule has 2 amide bonds. The van der Waals surface area contributed by atoms with Crippen LogP contribution in [0.2, 0.25) is 5.02 Å². The molecule has 1 saturated heterocycles. The molecular weight excluding hydrogens is 288 g/mol. The van der Waals surface area contributed by atoms with Crippen molar-refractivity contribution in [1.82, 2.24) is 5.43 Å². The van der Waals surface area contributed by atoms with Crippen LogP contribution in [0.4, 0.5) is 5.69 Å². The van der Waals surface area contributed by atoms with Gasteiger partial charge in [0.05, 0.1) is 5.69 Å². The maximum atomic E-state index is 12.3. The highest BCUT2D eigenvalue weighted by atomic mass is 35.5. The Balaban J connectivity index is 1.92. The summed E-state index contributed by atoms with van der Waals surface area (Å²) in [4.78, 5) is 24.3. The van der Waals surface area contributed by atoms with Crippen molar-refractivity contribution >= 4 is 35.2 Å². The fourth-order valence-electron chi connectivity index (χ4n) is 2.04. The molecule has 0 bridgehead atoms. The van der Waals surface area contributed by atoms with Crippen LogP contribution in [0.25, 0.3) is 6.08 Å². The van der Waals surface area contributed by atoms with Gasteiger partial charge in [-0.2, -0.15) is 0 Å². The van der Waals surface area contributed by atoms with E-state index in [0.29, 0.717) is 10.7 Å². The van der Waals surface area contributed by atoms with E-state index in [0.717, 1.165) is 5.56 Å². The Morgan fingerprint density at radius 2 is 1.62 bits per heavy atom. The topological polar surface area (TPSA) is 49.4 Å². The van der Waals surface area contributed by atoms with Crippen molar-refractivity contribution in [2.45, 2.75) is 0 Å². The van der Waals surface area contributed by atoms with Crippen LogP contribution in [0.5, 0.6) is 0 Å². The number of hydrazine groups is 1. The highest BCUT2D eigenvalue weighted by Gasteiger charge is 2.34. The van der Waals surface area contributed by atoms with Crippen molar-refractivity contribution in [1.29, 1.82) is 0 Å². The fourth-order valence-corrected chi connectivity index (χ4v) is 2.17. The lowest BCUT2D eigenvalue weighted by molar-refractivity contribution is -0.117. The Morgan fingerprint density at radius 3 is 2.29 bits per heavy atom. The van der Waals surface area contributed by atoms with E-state index in [-0.39, 0.29) is 11.5 Å². The van der Waals surface area contributed by atoms with E-state index in [2.05, 4.69) is 5.43 Å². The molecule has 104 valence electrons. The predicted octanol–water partition coefficient (Wildman–Crippen LogP) is 2.80. The fraction of sp³-hybridized carbons (Fsp3) is 0. The molecule has 0 aromatic heterocycles. The van der Waals surface area contributed by atoms with E-state index < -0.39 is 5.91 Å². The summed E-state index contributed by atoms with van der Waals surface area (Å²) >= 11 is 5.81. The van der Waals surface area contributed by atoms with E-state index in [1.165, 1.54) is 5.01 Å². The van der Waals surface area contributed by atoms with E-state index in [1.54, 1.807) is 54.6 Å². The van der Waals surface area contributed by atoms with Crippen molar-refractivity contribution in [2.75, 3.05) is 5.01 Å². The zero-order chi connectivity index (χ0) is 14.8. The monoisotopic (exact) mass is 298 g/mol. The molecule has 2 aromatic carbocycles. The summed E-state index contributed by atoms with van der Waals surface area (Å²) < 4.78 is 0. The van der Waals surface area contributed by atoms with Gasteiger partial charge < -0.3 is 0 Å². The summed E-state index contributed by atoms with van der Waals surface area (Å²) in [5, 5.41) is 1.84. The molecule has 1 aliphatic heterocycles. The average molecular weight is 299 g/mol. The molecular formula is C16H11ClN2O2. The van der Waals surface area contributed by atoms with Gasteiger partial charge in [-0.15, -0.1) is 0 Å². The first kappa shape index (κ1) is 13.4. The summed E-state index contributed by atoms with van der Waals surface area (Å²) in [5.41, 5.74) is 4.01. The number of nitrogens with zero attached hydrogens (tertiary/aromatic N) is 1. The molecule has 1 heterocycles. The summed E-state index contributed by atoms with van der Waals surface area (Å²) in [6.07, 6.45) is 1.55. The molecule has 1 N–H and O–H groups in total. The van der Waals surface area contributed by atoms with Crippen molar-refractivity contribution in [3.05, 3.63) is 70.8 Å². The normalized spacial score (nSPS) is 16.4. The van der Waals surface area contributed by atoms with Gasteiger partial charge in [-0.3, -0.25) is 15.0 Å². The lowest BCUT2D eigenvalue weighted by Crippen LogP contribution is -2.35. The second kappa shape index (κ2) is 5.42. The van der Waals surface area contributed by atoms with Gasteiger partial charge in [-0.05, 0) is 35.9 Å². The number of amides is 2. The molecule has 1 fully saturated rings. The second-order valence-corrected chi connectivity index (χ2v) is 4.96. The van der Waals surface area contributed by atoms with Crippen LogP contribution in [-0.2, 0) is 9.59 Å². The number of hydrogen-bond acceptors (Lipinski definition) is 2. The minimum absolute atomic E-state index is 0.0983. The van der Waals surface area contributed by atoms with E-state index >= 15 is 0 Å². The number of hydrogen-bond donors (Lipinski definition) is 1. The number of rotatable bonds is 2. The first-order chi connectivity index (χ1) is 10.1. The maximum Gasteiger partial charge on any atom is 0.282 e. The molecule has 0 unspecified atom stereocenters. The zero-order valence-corrected chi connectivity index (χ0v) is 11.7. The lowest BCUT2D eigenvalue weighted by atomic mass is 10.1. The Morgan fingerprint density at radius 1 is 0.952 bits per heavy atom. The third-order valence-corrected chi connectivity index (χ3v) is 3.34. The third kappa shape index (κ3) is 2.66. The van der Waals surface area contributed by atoms with Gasteiger partial charge in [0.25, 0.3) is 11.8 Å². The minimum Gasteiger partial charge on any atom is -0.267 e. The van der Waals surface area contributed by atoms with Gasteiger partial charge in [-0.1, -0.05) is 41.9 Å². The highest BCUT2D eigenvalue weighted by molar-refractivity contribution is 6.32. The third-order valence-electron chi connectivity index (χ3n) is 3.09. The molecule has 0 radical (unpaired) electrons. The summed E-state index contributed by atoms with van der Waals surface area (Å²) in [7, 11) is 0. The number of halogens is 1. The van der Waals surface area contributed by atoms with Gasteiger partial charge in [0.1, 0.15) is 5.57 Å². The molecule has 0 saturated carbocycles. The van der Waals surface area contributed by atoms with Crippen LogP contribution in [0.3, 0.4) is 0 Å². The Bertz CT molecular complexity index is 724. The summed E-state index contributed by atoms with van der Waals surface area (Å²) in [6, 6.07) is 15.9. The number of carbonyl (C=O) groups is 2. The van der Waals surface area contributed by atoms with Crippen molar-refractivity contribution in [3.63, 3.8) is 0 Å². The lowest BCUT2D eigenvalue weighted by Gasteiger charge is -2.13. The largest absolute Gasteiger partial charge is 0.282 e. The van der Waals surface area contributed by atoms with E-state index in [4.69, 9.17) is 11.6 Å². The number of anilines is 1. The van der Waals surface area contributed by atoms with Crippen molar-refractivity contribution in [3.8, 4) is 0 Å². The summed E-state index contributed by atoms with van der Waals surface area (Å²) in [5.74, 6) is -0.792. The zero-order valence-electron chi connectivity index (χ0n) is 10.9. The van der Waals surface area contributed by atoms with Gasteiger partial charge >= 0.3 is 0 Å². The first-order valence-electron chi connectivity index (χ1n) is 6.33. The number of carbonyl (C=O) groups excluding carboxylic acids is 2.